The first-order chi connectivity index (χ1) is 17.0. The van der Waals surface area contributed by atoms with Crippen molar-refractivity contribution >= 4 is 27.3 Å². The van der Waals surface area contributed by atoms with Crippen LogP contribution in [-0.4, -0.2) is 94.2 Å². The van der Waals surface area contributed by atoms with Crippen molar-refractivity contribution < 1.29 is 21.2 Å². The lowest BCUT2D eigenvalue weighted by molar-refractivity contribution is -0.379. The lowest BCUT2D eigenvalue weighted by Crippen LogP contribution is -2.45. The Labute approximate surface area is 208 Å². The van der Waals surface area contributed by atoms with E-state index in [0.717, 1.165) is 25.6 Å². The highest BCUT2D eigenvalue weighted by Crippen LogP contribution is 2.26. The van der Waals surface area contributed by atoms with Crippen molar-refractivity contribution in [1.29, 1.82) is 0 Å². The van der Waals surface area contributed by atoms with E-state index in [4.69, 9.17) is 5.73 Å². The minimum absolute atomic E-state index is 0.0404. The van der Waals surface area contributed by atoms with Gasteiger partial charge in [0.2, 0.25) is 0 Å². The monoisotopic (exact) mass is 522 g/mol. The van der Waals surface area contributed by atoms with Crippen molar-refractivity contribution in [3.05, 3.63) is 36.4 Å². The van der Waals surface area contributed by atoms with Gasteiger partial charge in [-0.3, -0.25) is 10.6 Å². The molecule has 0 bridgehead atoms. The van der Waals surface area contributed by atoms with E-state index in [1.807, 2.05) is 19.0 Å². The topological polar surface area (TPSA) is 126 Å². The zero-order valence-corrected chi connectivity index (χ0v) is 21.2. The highest BCUT2D eigenvalue weighted by atomic mass is 32.2. The lowest BCUT2D eigenvalue weighted by atomic mass is 9.98. The molecule has 0 amide bonds. The Kier molecular flexibility index (Phi) is 7.45. The van der Waals surface area contributed by atoms with Gasteiger partial charge in [-0.05, 0) is 39.1 Å². The second kappa shape index (κ2) is 10.4. The van der Waals surface area contributed by atoms with Crippen molar-refractivity contribution in [1.82, 2.24) is 29.5 Å². The van der Waals surface area contributed by atoms with Crippen LogP contribution in [0.15, 0.2) is 30.7 Å². The van der Waals surface area contributed by atoms with Crippen molar-refractivity contribution in [2.24, 2.45) is 11.7 Å². The molecule has 2 N–H and O–H groups in total. The number of halogens is 2. The van der Waals surface area contributed by atoms with E-state index in [9.17, 15) is 17.2 Å². The molecule has 11 nitrogen and oxygen atoms in total. The summed E-state index contributed by atoms with van der Waals surface area (Å²) < 4.78 is 53.9. The number of sulfonamides is 1. The fourth-order valence-electron chi connectivity index (χ4n) is 4.36. The summed E-state index contributed by atoms with van der Waals surface area (Å²) >= 11 is 0. The average Bonchev–Trinajstić information content (AvgIpc) is 3.25. The standard InChI is InChI=1S/C22H29F2N9O2S/c1-30(2)13-19(25)32(36(3,34)35)12-15-5-4-8-31(11-15)21-9-17(27-14-28-21)18-10-26-20-7-6-16(22(23)24)29-33(18)20/h6-7,9-10,14-15,22,25H,4-5,8,11-13H2,1-3H3/p+1. The SMILES string of the molecule is CN(C)CC(N)=[N+](CC1CCCN(c2cc(-c3cnc4ccc(C(F)F)nn34)ncn2)C1)S(C)(=O)=O. The molecule has 0 aromatic carbocycles. The molecule has 0 radical (unpaired) electrons. The number of nitrogens with zero attached hydrogens (tertiary/aromatic N) is 8. The molecule has 0 spiro atoms. The number of amidine groups is 1. The van der Waals surface area contributed by atoms with E-state index in [2.05, 4.69) is 25.0 Å². The Morgan fingerprint density at radius 3 is 2.75 bits per heavy atom. The molecule has 0 saturated carbocycles. The number of fused-ring (bicyclic) bond motifs is 1. The summed E-state index contributed by atoms with van der Waals surface area (Å²) in [6, 6.07) is 4.50. The molecule has 1 fully saturated rings. The average molecular weight is 523 g/mol. The maximum Gasteiger partial charge on any atom is 0.297 e. The summed E-state index contributed by atoms with van der Waals surface area (Å²) in [5.74, 6) is 0.978. The Balaban J connectivity index is 1.58. The minimum atomic E-state index is -3.53. The van der Waals surface area contributed by atoms with Crippen LogP contribution in [0.25, 0.3) is 17.0 Å². The second-order valence-electron chi connectivity index (χ2n) is 9.21. The zero-order chi connectivity index (χ0) is 26.0. The molecule has 3 aromatic rings. The molecular weight excluding hydrogens is 492 g/mol. The molecule has 1 saturated heterocycles. The first-order valence-electron chi connectivity index (χ1n) is 11.5. The van der Waals surface area contributed by atoms with Crippen LogP contribution < -0.4 is 10.6 Å². The van der Waals surface area contributed by atoms with Crippen LogP contribution in [0.1, 0.15) is 25.0 Å². The fraction of sp³-hybridized carbons (Fsp3) is 0.500. The normalized spacial score (nSPS) is 17.8. The van der Waals surface area contributed by atoms with Crippen LogP contribution in [0.2, 0.25) is 0 Å². The molecule has 4 rings (SSSR count). The van der Waals surface area contributed by atoms with Crippen LogP contribution >= 0.6 is 0 Å². The van der Waals surface area contributed by atoms with Gasteiger partial charge in [-0.2, -0.15) is 17.5 Å². The predicted octanol–water partition coefficient (Wildman–Crippen LogP) is 1.23. The van der Waals surface area contributed by atoms with Crippen LogP contribution in [-0.2, 0) is 10.0 Å². The Bertz CT molecular complexity index is 1370. The summed E-state index contributed by atoms with van der Waals surface area (Å²) in [4.78, 5) is 16.9. The van der Waals surface area contributed by atoms with Gasteiger partial charge in [0.05, 0.1) is 18.1 Å². The molecular formula is C22H30F2N9O2S+. The van der Waals surface area contributed by atoms with Crippen LogP contribution in [0.3, 0.4) is 0 Å². The van der Waals surface area contributed by atoms with Gasteiger partial charge in [-0.15, -0.1) is 0 Å². The number of alkyl halides is 2. The Hall–Kier alpha value is -3.26. The van der Waals surface area contributed by atoms with Gasteiger partial charge in [0, 0.05) is 25.1 Å². The Morgan fingerprint density at radius 2 is 2.06 bits per heavy atom. The van der Waals surface area contributed by atoms with E-state index < -0.39 is 16.4 Å². The van der Waals surface area contributed by atoms with Gasteiger partial charge in [-0.25, -0.2) is 28.2 Å². The minimum Gasteiger partial charge on any atom is -0.356 e. The summed E-state index contributed by atoms with van der Waals surface area (Å²) in [6.07, 6.45) is 3.11. The van der Waals surface area contributed by atoms with E-state index in [-0.39, 0.29) is 24.0 Å². The fourth-order valence-corrected chi connectivity index (χ4v) is 5.33. The third kappa shape index (κ3) is 5.75. The number of rotatable bonds is 8. The highest BCUT2D eigenvalue weighted by Gasteiger charge is 2.29. The van der Waals surface area contributed by atoms with Crippen molar-refractivity contribution in [2.45, 2.75) is 19.3 Å². The van der Waals surface area contributed by atoms with Gasteiger partial charge in [0.15, 0.2) is 5.65 Å². The first kappa shape index (κ1) is 25.8. The van der Waals surface area contributed by atoms with E-state index >= 15 is 0 Å². The third-order valence-corrected chi connectivity index (χ3v) is 7.17. The molecule has 36 heavy (non-hydrogen) atoms. The number of imidazole rings is 1. The van der Waals surface area contributed by atoms with Crippen molar-refractivity contribution in [3.63, 3.8) is 0 Å². The number of hydrogen-bond donors (Lipinski definition) is 1. The van der Waals surface area contributed by atoms with Crippen molar-refractivity contribution in [3.8, 4) is 11.4 Å². The van der Waals surface area contributed by atoms with Gasteiger partial charge in [-0.1, -0.05) is 0 Å². The van der Waals surface area contributed by atoms with E-state index in [1.54, 1.807) is 6.07 Å². The quantitative estimate of drug-likeness (QED) is 0.264. The molecule has 1 unspecified atom stereocenters. The number of anilines is 1. The number of hydrogen-bond acceptors (Lipinski definition) is 8. The molecule has 3 aromatic heterocycles. The number of aromatic nitrogens is 5. The predicted molar refractivity (Wildman–Crippen MR) is 132 cm³/mol. The van der Waals surface area contributed by atoms with E-state index in [1.165, 1.54) is 33.2 Å². The lowest BCUT2D eigenvalue weighted by Gasteiger charge is -2.33. The number of likely N-dealkylation sites (N-methyl/N-ethyl adjacent to an activating group) is 1. The molecule has 1 atom stereocenters. The summed E-state index contributed by atoms with van der Waals surface area (Å²) in [5, 5.41) is 4.01. The molecule has 14 heteroatoms. The molecule has 194 valence electrons. The molecule has 1 aliphatic rings. The first-order valence-corrected chi connectivity index (χ1v) is 13.3. The molecule has 0 aliphatic carbocycles. The summed E-state index contributed by atoms with van der Waals surface area (Å²) in [7, 11) is 0.131. The zero-order valence-electron chi connectivity index (χ0n) is 20.4. The van der Waals surface area contributed by atoms with E-state index in [0.29, 0.717) is 35.9 Å². The maximum absolute atomic E-state index is 13.2. The number of piperidine rings is 1. The van der Waals surface area contributed by atoms with Crippen LogP contribution in [0, 0.1) is 5.92 Å². The van der Waals surface area contributed by atoms with Crippen LogP contribution in [0.5, 0.6) is 0 Å². The highest BCUT2D eigenvalue weighted by molar-refractivity contribution is 7.84. The van der Waals surface area contributed by atoms with Crippen LogP contribution in [0.4, 0.5) is 14.6 Å². The maximum atomic E-state index is 13.2. The summed E-state index contributed by atoms with van der Waals surface area (Å²) in [5.41, 5.74) is 7.19. The molecule has 1 aliphatic heterocycles. The molecule has 4 heterocycles. The Morgan fingerprint density at radius 1 is 1.28 bits per heavy atom. The van der Waals surface area contributed by atoms with Gasteiger partial charge in [0.1, 0.15) is 36.6 Å². The number of nitrogens with two attached hydrogens (primary N) is 1. The second-order valence-corrected chi connectivity index (χ2v) is 11.1. The summed E-state index contributed by atoms with van der Waals surface area (Å²) in [6.45, 7) is 1.93. The smallest absolute Gasteiger partial charge is 0.297 e. The van der Waals surface area contributed by atoms with Gasteiger partial charge >= 0.3 is 0 Å². The largest absolute Gasteiger partial charge is 0.356 e. The van der Waals surface area contributed by atoms with Crippen molar-refractivity contribution in [2.75, 3.05) is 51.4 Å². The third-order valence-electron chi connectivity index (χ3n) is 5.99. The van der Waals surface area contributed by atoms with Gasteiger partial charge in [0.25, 0.3) is 22.3 Å². The van der Waals surface area contributed by atoms with Gasteiger partial charge < -0.3 is 4.90 Å².